The second-order valence-corrected chi connectivity index (χ2v) is 8.28. The van der Waals surface area contributed by atoms with E-state index in [2.05, 4.69) is 10.0 Å². The van der Waals surface area contributed by atoms with Gasteiger partial charge in [0, 0.05) is 23.4 Å². The van der Waals surface area contributed by atoms with Gasteiger partial charge in [0.2, 0.25) is 0 Å². The average molecular weight is 441 g/mol. The molecule has 1 amide bonds. The maximum absolute atomic E-state index is 12.9. The molecule has 0 radical (unpaired) electrons. The van der Waals surface area contributed by atoms with E-state index in [9.17, 15) is 23.3 Å². The summed E-state index contributed by atoms with van der Waals surface area (Å²) in [5.74, 6) is -0.365. The van der Waals surface area contributed by atoms with Crippen molar-refractivity contribution in [1.29, 1.82) is 0 Å². The maximum atomic E-state index is 12.9. The minimum Gasteiger partial charge on any atom is -0.495 e. The van der Waals surface area contributed by atoms with E-state index in [-0.39, 0.29) is 27.6 Å². The molecular formula is C21H19N3O6S. The highest BCUT2D eigenvalue weighted by atomic mass is 32.2. The van der Waals surface area contributed by atoms with Crippen molar-refractivity contribution >= 4 is 33.0 Å². The Morgan fingerprint density at radius 1 is 1.03 bits per heavy atom. The normalized spacial score (nSPS) is 10.9. The molecule has 0 aliphatic carbocycles. The number of aryl methyl sites for hydroxylation is 1. The highest BCUT2D eigenvalue weighted by Gasteiger charge is 2.20. The average Bonchev–Trinajstić information content (AvgIpc) is 2.75. The number of non-ortho nitro benzene ring substituents is 1. The zero-order chi connectivity index (χ0) is 22.6. The van der Waals surface area contributed by atoms with Gasteiger partial charge in [-0.25, -0.2) is 8.42 Å². The van der Waals surface area contributed by atoms with Crippen LogP contribution < -0.4 is 14.8 Å². The van der Waals surface area contributed by atoms with Crippen LogP contribution in [0.5, 0.6) is 5.75 Å². The first-order valence-corrected chi connectivity index (χ1v) is 10.5. The van der Waals surface area contributed by atoms with Gasteiger partial charge in [0.25, 0.3) is 21.6 Å². The Morgan fingerprint density at radius 2 is 1.74 bits per heavy atom. The van der Waals surface area contributed by atoms with E-state index in [0.29, 0.717) is 5.69 Å². The zero-order valence-electron chi connectivity index (χ0n) is 16.7. The van der Waals surface area contributed by atoms with Gasteiger partial charge in [-0.3, -0.25) is 19.6 Å². The van der Waals surface area contributed by atoms with Crippen LogP contribution >= 0.6 is 0 Å². The highest BCUT2D eigenvalue weighted by Crippen LogP contribution is 2.31. The second-order valence-electron chi connectivity index (χ2n) is 6.60. The van der Waals surface area contributed by atoms with Crippen LogP contribution in [0.2, 0.25) is 0 Å². The molecule has 9 nitrogen and oxygen atoms in total. The monoisotopic (exact) mass is 441 g/mol. The van der Waals surface area contributed by atoms with Gasteiger partial charge >= 0.3 is 0 Å². The molecule has 0 aliphatic rings. The van der Waals surface area contributed by atoms with Gasteiger partial charge in [-0.05, 0) is 43.3 Å². The number of nitrogens with zero attached hydrogens (tertiary/aromatic N) is 1. The molecule has 31 heavy (non-hydrogen) atoms. The van der Waals surface area contributed by atoms with Crippen LogP contribution in [0.25, 0.3) is 0 Å². The number of sulfonamides is 1. The van der Waals surface area contributed by atoms with Crippen LogP contribution in [-0.2, 0) is 10.0 Å². The van der Waals surface area contributed by atoms with Crippen LogP contribution in [-0.4, -0.2) is 26.4 Å². The number of amides is 1. The van der Waals surface area contributed by atoms with Crippen molar-refractivity contribution in [2.45, 2.75) is 11.8 Å². The molecule has 0 atom stereocenters. The number of carbonyl (C=O) groups is 1. The van der Waals surface area contributed by atoms with Gasteiger partial charge in [-0.1, -0.05) is 23.8 Å². The van der Waals surface area contributed by atoms with Gasteiger partial charge in [-0.2, -0.15) is 0 Å². The van der Waals surface area contributed by atoms with Gasteiger partial charge < -0.3 is 10.1 Å². The van der Waals surface area contributed by atoms with Crippen LogP contribution in [0.15, 0.2) is 71.6 Å². The fourth-order valence-corrected chi connectivity index (χ4v) is 3.84. The van der Waals surface area contributed by atoms with Crippen LogP contribution in [0.4, 0.5) is 17.1 Å². The Kier molecular flexibility index (Phi) is 6.21. The molecule has 0 fully saturated rings. The predicted octanol–water partition coefficient (Wildman–Crippen LogP) is 3.96. The molecule has 3 rings (SSSR count). The summed E-state index contributed by atoms with van der Waals surface area (Å²) in [6, 6.07) is 16.2. The van der Waals surface area contributed by atoms with Crippen molar-refractivity contribution in [3.05, 3.63) is 88.0 Å². The van der Waals surface area contributed by atoms with Crippen LogP contribution in [0.3, 0.4) is 0 Å². The second kappa shape index (κ2) is 8.84. The van der Waals surface area contributed by atoms with E-state index in [0.717, 1.165) is 11.6 Å². The third kappa shape index (κ3) is 5.17. The molecule has 0 heterocycles. The van der Waals surface area contributed by atoms with Gasteiger partial charge in [0.05, 0.1) is 22.6 Å². The predicted molar refractivity (Wildman–Crippen MR) is 116 cm³/mol. The Hall–Kier alpha value is -3.92. The number of anilines is 2. The fraction of sp³-hybridized carbons (Fsp3) is 0.0952. The van der Waals surface area contributed by atoms with E-state index < -0.39 is 20.9 Å². The smallest absolute Gasteiger partial charge is 0.271 e. The standard InChI is InChI=1S/C21H19N3O6S/c1-14-6-8-16(9-7-14)22-21(25)15-4-3-5-18(12-15)31(28,29)23-19-13-17(24(26)27)10-11-20(19)30-2/h3-13,23H,1-2H3,(H,22,25). The molecule has 0 spiro atoms. The quantitative estimate of drug-likeness (QED) is 0.422. The molecule has 0 saturated heterocycles. The van der Waals surface area contributed by atoms with Crippen molar-refractivity contribution in [2.24, 2.45) is 0 Å². The van der Waals surface area contributed by atoms with E-state index in [1.807, 2.05) is 19.1 Å². The number of nitro groups is 1. The lowest BCUT2D eigenvalue weighted by Crippen LogP contribution is -2.16. The number of ether oxygens (including phenoxy) is 1. The Morgan fingerprint density at radius 3 is 2.39 bits per heavy atom. The molecule has 160 valence electrons. The number of hydrogen-bond acceptors (Lipinski definition) is 6. The Balaban J connectivity index is 1.87. The zero-order valence-corrected chi connectivity index (χ0v) is 17.5. The van der Waals surface area contributed by atoms with Crippen LogP contribution in [0.1, 0.15) is 15.9 Å². The van der Waals surface area contributed by atoms with Gasteiger partial charge in [-0.15, -0.1) is 0 Å². The molecule has 0 saturated carbocycles. The Labute approximate surface area is 178 Å². The molecule has 0 unspecified atom stereocenters. The Bertz CT molecular complexity index is 1240. The van der Waals surface area contributed by atoms with Crippen molar-refractivity contribution in [1.82, 2.24) is 0 Å². The molecule has 3 aromatic rings. The summed E-state index contributed by atoms with van der Waals surface area (Å²) >= 11 is 0. The third-order valence-electron chi connectivity index (χ3n) is 4.35. The SMILES string of the molecule is COc1ccc([N+](=O)[O-])cc1NS(=O)(=O)c1cccc(C(=O)Nc2ccc(C)cc2)c1. The number of nitro benzene ring substituents is 1. The van der Waals surface area contributed by atoms with Gasteiger partial charge in [0.15, 0.2) is 0 Å². The molecule has 2 N–H and O–H groups in total. The van der Waals surface area contributed by atoms with Crippen LogP contribution in [0, 0.1) is 17.0 Å². The maximum Gasteiger partial charge on any atom is 0.271 e. The number of rotatable bonds is 7. The number of benzene rings is 3. The first kappa shape index (κ1) is 21.8. The summed E-state index contributed by atoms with van der Waals surface area (Å²) in [4.78, 5) is 22.7. The fourth-order valence-electron chi connectivity index (χ4n) is 2.74. The summed E-state index contributed by atoms with van der Waals surface area (Å²) in [7, 11) is -2.84. The summed E-state index contributed by atoms with van der Waals surface area (Å²) in [5, 5.41) is 13.7. The van der Waals surface area contributed by atoms with E-state index in [1.165, 1.54) is 43.5 Å². The van der Waals surface area contributed by atoms with Crippen molar-refractivity contribution in [3.8, 4) is 5.75 Å². The summed E-state index contributed by atoms with van der Waals surface area (Å²) in [5.41, 5.74) is 1.35. The molecular weight excluding hydrogens is 422 g/mol. The molecule has 0 aliphatic heterocycles. The molecule has 0 bridgehead atoms. The van der Waals surface area contributed by atoms with E-state index in [4.69, 9.17) is 4.74 Å². The molecule has 0 aromatic heterocycles. The highest BCUT2D eigenvalue weighted by molar-refractivity contribution is 7.92. The minimum atomic E-state index is -4.16. The van der Waals surface area contributed by atoms with Crippen molar-refractivity contribution in [2.75, 3.05) is 17.1 Å². The topological polar surface area (TPSA) is 128 Å². The summed E-state index contributed by atoms with van der Waals surface area (Å²) in [6.07, 6.45) is 0. The summed E-state index contributed by atoms with van der Waals surface area (Å²) < 4.78 is 33.1. The van der Waals surface area contributed by atoms with E-state index in [1.54, 1.807) is 12.1 Å². The lowest BCUT2D eigenvalue weighted by molar-refractivity contribution is -0.384. The number of hydrogen-bond donors (Lipinski definition) is 2. The van der Waals surface area contributed by atoms with Crippen molar-refractivity contribution < 1.29 is 22.9 Å². The van der Waals surface area contributed by atoms with Crippen molar-refractivity contribution in [3.63, 3.8) is 0 Å². The minimum absolute atomic E-state index is 0.0915. The van der Waals surface area contributed by atoms with E-state index >= 15 is 0 Å². The van der Waals surface area contributed by atoms with Gasteiger partial charge in [0.1, 0.15) is 5.75 Å². The first-order chi connectivity index (χ1) is 14.7. The largest absolute Gasteiger partial charge is 0.495 e. The summed E-state index contributed by atoms with van der Waals surface area (Å²) in [6.45, 7) is 1.92. The lowest BCUT2D eigenvalue weighted by Gasteiger charge is -2.12. The number of nitrogens with one attached hydrogen (secondary N) is 2. The first-order valence-electron chi connectivity index (χ1n) is 9.03. The third-order valence-corrected chi connectivity index (χ3v) is 5.72. The molecule has 10 heteroatoms. The number of methoxy groups -OCH3 is 1. The number of carbonyl (C=O) groups excluding carboxylic acids is 1. The molecule has 3 aromatic carbocycles. The lowest BCUT2D eigenvalue weighted by atomic mass is 10.2.